The zero-order valence-electron chi connectivity index (χ0n) is 13.1. The van der Waals surface area contributed by atoms with Crippen molar-refractivity contribution in [2.75, 3.05) is 38.2 Å². The molecule has 0 aromatic carbocycles. The van der Waals surface area contributed by atoms with E-state index in [0.29, 0.717) is 12.6 Å². The summed E-state index contributed by atoms with van der Waals surface area (Å²) in [5.74, 6) is 1.52. The molecule has 1 rings (SSSR count). The quantitative estimate of drug-likeness (QED) is 0.718. The van der Waals surface area contributed by atoms with Crippen LogP contribution in [0.15, 0.2) is 0 Å². The van der Waals surface area contributed by atoms with E-state index >= 15 is 0 Å². The molecule has 0 bridgehead atoms. The molecule has 1 saturated heterocycles. The molecule has 3 atom stereocenters. The Hall–Kier alpha value is 0.230. The van der Waals surface area contributed by atoms with Gasteiger partial charge in [0.25, 0.3) is 0 Å². The van der Waals surface area contributed by atoms with E-state index in [1.165, 1.54) is 38.9 Å². The lowest BCUT2D eigenvalue weighted by Crippen LogP contribution is -2.49. The minimum atomic E-state index is -0.592. The van der Waals surface area contributed by atoms with Crippen molar-refractivity contribution in [3.05, 3.63) is 0 Å². The van der Waals surface area contributed by atoms with Crippen LogP contribution in [0.25, 0.3) is 0 Å². The molecule has 114 valence electrons. The summed E-state index contributed by atoms with van der Waals surface area (Å²) in [5, 5.41) is 13.8. The molecule has 1 heterocycles. The van der Waals surface area contributed by atoms with Gasteiger partial charge in [0.15, 0.2) is 0 Å². The molecule has 0 saturated carbocycles. The molecular weight excluding hydrogens is 256 g/mol. The van der Waals surface area contributed by atoms with Gasteiger partial charge in [0, 0.05) is 24.9 Å². The van der Waals surface area contributed by atoms with Gasteiger partial charge in [-0.3, -0.25) is 0 Å². The van der Waals surface area contributed by atoms with Gasteiger partial charge in [0.05, 0.1) is 5.60 Å². The van der Waals surface area contributed by atoms with Crippen molar-refractivity contribution < 1.29 is 5.11 Å². The average molecular weight is 289 g/mol. The number of nitrogens with zero attached hydrogens (tertiary/aromatic N) is 1. The Morgan fingerprint density at radius 3 is 2.89 bits per heavy atom. The van der Waals surface area contributed by atoms with Crippen molar-refractivity contribution in [2.24, 2.45) is 5.92 Å². The third-order valence-corrected chi connectivity index (χ3v) is 4.96. The van der Waals surface area contributed by atoms with Gasteiger partial charge in [0.1, 0.15) is 0 Å². The number of nitrogens with one attached hydrogen (secondary N) is 1. The number of hydrogen-bond donors (Lipinski definition) is 2. The predicted octanol–water partition coefficient (Wildman–Crippen LogP) is 2.20. The van der Waals surface area contributed by atoms with Crippen molar-refractivity contribution in [3.8, 4) is 0 Å². The standard InChI is InChI=1S/C15H32N2OS/c1-5-8-17-9-6-7-14(10-17)13(2)16-11-15(3,18)12-19-4/h13-14,16,18H,5-12H2,1-4H3. The Morgan fingerprint density at radius 1 is 1.53 bits per heavy atom. The molecule has 0 aromatic rings. The van der Waals surface area contributed by atoms with Crippen LogP contribution >= 0.6 is 11.8 Å². The Balaban J connectivity index is 2.34. The Labute approximate surface area is 123 Å². The van der Waals surface area contributed by atoms with Crippen LogP contribution in [-0.4, -0.2) is 59.8 Å². The molecule has 1 fully saturated rings. The molecular formula is C15H32N2OS. The lowest BCUT2D eigenvalue weighted by molar-refractivity contribution is 0.0739. The summed E-state index contributed by atoms with van der Waals surface area (Å²) in [4.78, 5) is 2.59. The molecule has 0 aliphatic carbocycles. The monoisotopic (exact) mass is 288 g/mol. The molecule has 2 N–H and O–H groups in total. The summed E-state index contributed by atoms with van der Waals surface area (Å²) < 4.78 is 0. The van der Waals surface area contributed by atoms with Crippen LogP contribution in [-0.2, 0) is 0 Å². The molecule has 3 nitrogen and oxygen atoms in total. The van der Waals surface area contributed by atoms with Gasteiger partial charge >= 0.3 is 0 Å². The fourth-order valence-corrected chi connectivity index (χ4v) is 3.65. The average Bonchev–Trinajstić information content (AvgIpc) is 2.37. The van der Waals surface area contributed by atoms with E-state index in [-0.39, 0.29) is 0 Å². The van der Waals surface area contributed by atoms with E-state index < -0.39 is 5.60 Å². The fourth-order valence-electron chi connectivity index (χ4n) is 2.93. The summed E-state index contributed by atoms with van der Waals surface area (Å²) in [6.07, 6.45) is 5.93. The Kier molecular flexibility index (Phi) is 7.73. The number of piperidine rings is 1. The zero-order chi connectivity index (χ0) is 14.3. The third kappa shape index (κ3) is 6.48. The van der Waals surface area contributed by atoms with E-state index in [4.69, 9.17) is 0 Å². The van der Waals surface area contributed by atoms with Gasteiger partial charge in [-0.15, -0.1) is 0 Å². The summed E-state index contributed by atoms with van der Waals surface area (Å²) in [6, 6.07) is 0.494. The highest BCUT2D eigenvalue weighted by atomic mass is 32.2. The van der Waals surface area contributed by atoms with Gasteiger partial charge in [-0.25, -0.2) is 0 Å². The molecule has 0 spiro atoms. The topological polar surface area (TPSA) is 35.5 Å². The van der Waals surface area contributed by atoms with Crippen LogP contribution < -0.4 is 5.32 Å². The van der Waals surface area contributed by atoms with Gasteiger partial charge < -0.3 is 15.3 Å². The van der Waals surface area contributed by atoms with Crippen molar-refractivity contribution in [1.82, 2.24) is 10.2 Å². The Bertz CT molecular complexity index is 246. The maximum Gasteiger partial charge on any atom is 0.0833 e. The summed E-state index contributed by atoms with van der Waals surface area (Å²) in [5.41, 5.74) is -0.592. The summed E-state index contributed by atoms with van der Waals surface area (Å²) in [7, 11) is 0. The van der Waals surface area contributed by atoms with Crippen molar-refractivity contribution in [1.29, 1.82) is 0 Å². The SMILES string of the molecule is CCCN1CCCC(C(C)NCC(C)(O)CSC)C1. The largest absolute Gasteiger partial charge is 0.388 e. The molecule has 0 aromatic heterocycles. The second kappa shape index (κ2) is 8.50. The number of rotatable bonds is 8. The number of hydrogen-bond acceptors (Lipinski definition) is 4. The highest BCUT2D eigenvalue weighted by Crippen LogP contribution is 2.20. The van der Waals surface area contributed by atoms with Gasteiger partial charge in [-0.2, -0.15) is 11.8 Å². The first-order valence-corrected chi connectivity index (χ1v) is 9.05. The first-order valence-electron chi connectivity index (χ1n) is 7.65. The molecule has 0 amide bonds. The first-order chi connectivity index (χ1) is 8.98. The maximum absolute atomic E-state index is 10.2. The molecule has 1 aliphatic heterocycles. The minimum Gasteiger partial charge on any atom is -0.388 e. The third-order valence-electron chi connectivity index (χ3n) is 4.05. The van der Waals surface area contributed by atoms with E-state index in [2.05, 4.69) is 24.1 Å². The fraction of sp³-hybridized carbons (Fsp3) is 1.00. The lowest BCUT2D eigenvalue weighted by atomic mass is 9.91. The lowest BCUT2D eigenvalue weighted by Gasteiger charge is -2.37. The van der Waals surface area contributed by atoms with Gasteiger partial charge in [-0.05, 0) is 58.4 Å². The van der Waals surface area contributed by atoms with Crippen LogP contribution in [0.2, 0.25) is 0 Å². The smallest absolute Gasteiger partial charge is 0.0833 e. The van der Waals surface area contributed by atoms with Crippen molar-refractivity contribution in [3.63, 3.8) is 0 Å². The Morgan fingerprint density at radius 2 is 2.26 bits per heavy atom. The number of likely N-dealkylation sites (tertiary alicyclic amines) is 1. The second-order valence-electron chi connectivity index (χ2n) is 6.30. The maximum atomic E-state index is 10.2. The van der Waals surface area contributed by atoms with Crippen LogP contribution in [0.5, 0.6) is 0 Å². The summed E-state index contributed by atoms with van der Waals surface area (Å²) >= 11 is 1.70. The van der Waals surface area contributed by atoms with Gasteiger partial charge in [-0.1, -0.05) is 6.92 Å². The normalized spacial score (nSPS) is 26.1. The number of aliphatic hydroxyl groups is 1. The number of thioether (sulfide) groups is 1. The molecule has 19 heavy (non-hydrogen) atoms. The van der Waals surface area contributed by atoms with Crippen LogP contribution in [0.4, 0.5) is 0 Å². The predicted molar refractivity (Wildman–Crippen MR) is 85.9 cm³/mol. The first kappa shape index (κ1) is 17.3. The molecule has 1 aliphatic rings. The molecule has 0 radical (unpaired) electrons. The molecule has 3 unspecified atom stereocenters. The van der Waals surface area contributed by atoms with E-state index in [1.54, 1.807) is 11.8 Å². The molecule has 4 heteroatoms. The van der Waals surface area contributed by atoms with Crippen LogP contribution in [0, 0.1) is 5.92 Å². The van der Waals surface area contributed by atoms with E-state index in [1.807, 2.05) is 13.2 Å². The second-order valence-corrected chi connectivity index (χ2v) is 7.17. The van der Waals surface area contributed by atoms with E-state index in [0.717, 1.165) is 11.7 Å². The van der Waals surface area contributed by atoms with Crippen LogP contribution in [0.1, 0.15) is 40.0 Å². The summed E-state index contributed by atoms with van der Waals surface area (Å²) in [6.45, 7) is 10.9. The van der Waals surface area contributed by atoms with Gasteiger partial charge in [0.2, 0.25) is 0 Å². The minimum absolute atomic E-state index is 0.494. The van der Waals surface area contributed by atoms with Crippen molar-refractivity contribution in [2.45, 2.75) is 51.7 Å². The van der Waals surface area contributed by atoms with Crippen molar-refractivity contribution >= 4 is 11.8 Å². The van der Waals surface area contributed by atoms with Crippen LogP contribution in [0.3, 0.4) is 0 Å². The highest BCUT2D eigenvalue weighted by Gasteiger charge is 2.26. The van der Waals surface area contributed by atoms with E-state index in [9.17, 15) is 5.11 Å². The zero-order valence-corrected chi connectivity index (χ0v) is 13.9. The highest BCUT2D eigenvalue weighted by molar-refractivity contribution is 7.98.